The largest absolute Gasteiger partial charge is 0.488 e. The van der Waals surface area contributed by atoms with Crippen molar-refractivity contribution in [3.63, 3.8) is 0 Å². The molecule has 1 aromatic rings. The van der Waals surface area contributed by atoms with Crippen LogP contribution in [0.15, 0.2) is 18.2 Å². The molecule has 0 heterocycles. The van der Waals surface area contributed by atoms with Gasteiger partial charge in [-0.1, -0.05) is 17.7 Å². The third-order valence-electron chi connectivity index (χ3n) is 2.30. The first-order valence-electron chi connectivity index (χ1n) is 4.96. The SMILES string of the molecule is CC(C)(Oc1cc(B(O)O)ccc1Cl)C(F)(F)F. The lowest BCUT2D eigenvalue weighted by Gasteiger charge is -2.29. The second-order valence-corrected chi connectivity index (χ2v) is 4.58. The molecule has 0 amide bonds. The van der Waals surface area contributed by atoms with Crippen molar-refractivity contribution in [2.45, 2.75) is 25.6 Å². The summed E-state index contributed by atoms with van der Waals surface area (Å²) in [5, 5.41) is 17.8. The lowest BCUT2D eigenvalue weighted by Crippen LogP contribution is -2.45. The van der Waals surface area contributed by atoms with E-state index in [1.54, 1.807) is 0 Å². The maximum atomic E-state index is 12.6. The van der Waals surface area contributed by atoms with Crippen LogP contribution >= 0.6 is 11.6 Å². The number of rotatable bonds is 3. The molecule has 8 heteroatoms. The molecule has 0 bridgehead atoms. The second-order valence-electron chi connectivity index (χ2n) is 4.17. The van der Waals surface area contributed by atoms with E-state index in [0.29, 0.717) is 0 Å². The zero-order valence-corrected chi connectivity index (χ0v) is 10.4. The van der Waals surface area contributed by atoms with Crippen LogP contribution in [0, 0.1) is 0 Å². The molecule has 0 aliphatic rings. The van der Waals surface area contributed by atoms with E-state index in [1.165, 1.54) is 12.1 Å². The van der Waals surface area contributed by atoms with Crippen molar-refractivity contribution in [1.29, 1.82) is 0 Å². The Balaban J connectivity index is 3.07. The van der Waals surface area contributed by atoms with E-state index in [1.807, 2.05) is 0 Å². The summed E-state index contributed by atoms with van der Waals surface area (Å²) in [6.45, 7) is 1.71. The summed E-state index contributed by atoms with van der Waals surface area (Å²) in [5.41, 5.74) is -2.44. The van der Waals surface area contributed by atoms with Crippen molar-refractivity contribution in [2.24, 2.45) is 0 Å². The normalized spacial score (nSPS) is 12.4. The van der Waals surface area contributed by atoms with Crippen LogP contribution in [-0.4, -0.2) is 28.9 Å². The fourth-order valence-electron chi connectivity index (χ4n) is 1.09. The van der Waals surface area contributed by atoms with Crippen molar-refractivity contribution in [3.8, 4) is 5.75 Å². The molecular weight excluding hydrogens is 271 g/mol. The van der Waals surface area contributed by atoms with Crippen molar-refractivity contribution in [3.05, 3.63) is 23.2 Å². The molecule has 0 aliphatic carbocycles. The molecule has 0 unspecified atom stereocenters. The summed E-state index contributed by atoms with van der Waals surface area (Å²) >= 11 is 5.70. The van der Waals surface area contributed by atoms with E-state index in [-0.39, 0.29) is 16.2 Å². The van der Waals surface area contributed by atoms with E-state index in [9.17, 15) is 13.2 Å². The topological polar surface area (TPSA) is 49.7 Å². The molecule has 0 aliphatic heterocycles. The zero-order valence-electron chi connectivity index (χ0n) is 9.62. The number of benzene rings is 1. The molecule has 100 valence electrons. The van der Waals surface area contributed by atoms with Gasteiger partial charge in [-0.15, -0.1) is 0 Å². The first-order valence-corrected chi connectivity index (χ1v) is 5.34. The Kier molecular flexibility index (Phi) is 4.20. The average Bonchev–Trinajstić information content (AvgIpc) is 2.18. The standard InChI is InChI=1S/C10H11BClF3O3/c1-9(2,10(13,14)15)18-8-5-6(11(16)17)3-4-7(8)12/h3-5,16-17H,1-2H3. The Morgan fingerprint density at radius 2 is 1.78 bits per heavy atom. The zero-order chi connectivity index (χ0) is 14.1. The lowest BCUT2D eigenvalue weighted by atomic mass is 9.80. The van der Waals surface area contributed by atoms with Gasteiger partial charge in [-0.05, 0) is 31.4 Å². The third kappa shape index (κ3) is 3.31. The number of hydrogen-bond acceptors (Lipinski definition) is 3. The Hall–Kier alpha value is -0.915. The fourth-order valence-corrected chi connectivity index (χ4v) is 1.25. The molecule has 0 atom stereocenters. The van der Waals surface area contributed by atoms with Gasteiger partial charge < -0.3 is 14.8 Å². The van der Waals surface area contributed by atoms with Gasteiger partial charge in [0, 0.05) is 0 Å². The molecule has 1 aromatic carbocycles. The van der Waals surface area contributed by atoms with E-state index in [2.05, 4.69) is 0 Å². The highest BCUT2D eigenvalue weighted by molar-refractivity contribution is 6.58. The van der Waals surface area contributed by atoms with Crippen LogP contribution in [0.1, 0.15) is 13.8 Å². The van der Waals surface area contributed by atoms with Gasteiger partial charge in [-0.25, -0.2) is 0 Å². The molecule has 0 saturated heterocycles. The van der Waals surface area contributed by atoms with Crippen LogP contribution in [-0.2, 0) is 0 Å². The highest BCUT2D eigenvalue weighted by Crippen LogP contribution is 2.36. The maximum absolute atomic E-state index is 12.6. The summed E-state index contributed by atoms with van der Waals surface area (Å²) < 4.78 is 42.7. The number of halogens is 4. The summed E-state index contributed by atoms with van der Waals surface area (Å²) in [6, 6.07) is 3.57. The van der Waals surface area contributed by atoms with E-state index < -0.39 is 18.9 Å². The molecule has 0 spiro atoms. The molecule has 0 fully saturated rings. The Morgan fingerprint density at radius 3 is 2.22 bits per heavy atom. The molecule has 2 N–H and O–H groups in total. The van der Waals surface area contributed by atoms with E-state index in [0.717, 1.165) is 19.9 Å². The quantitative estimate of drug-likeness (QED) is 0.830. The average molecular weight is 282 g/mol. The Labute approximate surface area is 107 Å². The maximum Gasteiger partial charge on any atom is 0.488 e. The minimum absolute atomic E-state index is 0.00706. The number of alkyl halides is 3. The van der Waals surface area contributed by atoms with Crippen molar-refractivity contribution in [1.82, 2.24) is 0 Å². The van der Waals surface area contributed by atoms with Gasteiger partial charge in [-0.2, -0.15) is 13.2 Å². The number of hydrogen-bond donors (Lipinski definition) is 2. The predicted octanol–water partition coefficient (Wildman–Crippen LogP) is 1.74. The van der Waals surface area contributed by atoms with Gasteiger partial charge in [-0.3, -0.25) is 0 Å². The van der Waals surface area contributed by atoms with Gasteiger partial charge in [0.05, 0.1) is 5.02 Å². The molecule has 3 nitrogen and oxygen atoms in total. The number of ether oxygens (including phenoxy) is 1. The van der Waals surface area contributed by atoms with E-state index in [4.69, 9.17) is 26.4 Å². The lowest BCUT2D eigenvalue weighted by molar-refractivity contribution is -0.234. The summed E-state index contributed by atoms with van der Waals surface area (Å²) in [6.07, 6.45) is -4.58. The molecule has 0 saturated carbocycles. The van der Waals surface area contributed by atoms with E-state index >= 15 is 0 Å². The summed E-state index contributed by atoms with van der Waals surface area (Å²) in [7, 11) is -1.81. The minimum atomic E-state index is -4.58. The predicted molar refractivity (Wildman–Crippen MR) is 62.0 cm³/mol. The highest BCUT2D eigenvalue weighted by Gasteiger charge is 2.50. The third-order valence-corrected chi connectivity index (χ3v) is 2.61. The van der Waals surface area contributed by atoms with Crippen LogP contribution < -0.4 is 10.2 Å². The van der Waals surface area contributed by atoms with Crippen molar-refractivity contribution < 1.29 is 28.0 Å². The van der Waals surface area contributed by atoms with Crippen molar-refractivity contribution >= 4 is 24.2 Å². The first kappa shape index (κ1) is 15.1. The van der Waals surface area contributed by atoms with Crippen LogP contribution in [0.3, 0.4) is 0 Å². The Bertz CT molecular complexity index is 435. The first-order chi connectivity index (χ1) is 8.04. The van der Waals surface area contributed by atoms with Gasteiger partial charge in [0.2, 0.25) is 0 Å². The molecule has 1 rings (SSSR count). The van der Waals surface area contributed by atoms with Gasteiger partial charge >= 0.3 is 13.3 Å². The van der Waals surface area contributed by atoms with Gasteiger partial charge in [0.25, 0.3) is 0 Å². The monoisotopic (exact) mass is 282 g/mol. The minimum Gasteiger partial charge on any atom is -0.477 e. The fraction of sp³-hybridized carbons (Fsp3) is 0.400. The van der Waals surface area contributed by atoms with Crippen molar-refractivity contribution in [2.75, 3.05) is 0 Å². The summed E-state index contributed by atoms with van der Waals surface area (Å²) in [5.74, 6) is -0.260. The van der Waals surface area contributed by atoms with Crippen LogP contribution in [0.25, 0.3) is 0 Å². The second kappa shape index (κ2) is 4.99. The van der Waals surface area contributed by atoms with Crippen LogP contribution in [0.5, 0.6) is 5.75 Å². The van der Waals surface area contributed by atoms with Crippen LogP contribution in [0.4, 0.5) is 13.2 Å². The van der Waals surface area contributed by atoms with Gasteiger partial charge in [0.1, 0.15) is 5.75 Å². The molecule has 0 radical (unpaired) electrons. The summed E-state index contributed by atoms with van der Waals surface area (Å²) in [4.78, 5) is 0. The highest BCUT2D eigenvalue weighted by atomic mass is 35.5. The van der Waals surface area contributed by atoms with Gasteiger partial charge in [0.15, 0.2) is 5.60 Å². The Morgan fingerprint density at radius 1 is 1.22 bits per heavy atom. The smallest absolute Gasteiger partial charge is 0.477 e. The van der Waals surface area contributed by atoms with Crippen LogP contribution in [0.2, 0.25) is 5.02 Å². The molecular formula is C10H11BClF3O3. The molecule has 0 aromatic heterocycles. The molecule has 18 heavy (non-hydrogen) atoms.